The molecule has 0 fully saturated rings. The summed E-state index contributed by atoms with van der Waals surface area (Å²) in [6.07, 6.45) is 4.14. The van der Waals surface area contributed by atoms with Crippen LogP contribution in [0.4, 0.5) is 10.2 Å². The maximum atomic E-state index is 12.8. The van der Waals surface area contributed by atoms with E-state index >= 15 is 0 Å². The summed E-state index contributed by atoms with van der Waals surface area (Å²) in [6.45, 7) is 0. The monoisotopic (exact) mass is 221 g/mol. The highest BCUT2D eigenvalue weighted by molar-refractivity contribution is 5.93. The van der Waals surface area contributed by atoms with Crippen molar-refractivity contribution in [2.45, 2.75) is 12.5 Å². The number of hydrogen-bond donors (Lipinski definition) is 2. The van der Waals surface area contributed by atoms with Crippen molar-refractivity contribution in [1.29, 1.82) is 0 Å². The van der Waals surface area contributed by atoms with Crippen LogP contribution in [0.5, 0.6) is 0 Å². The fourth-order valence-corrected chi connectivity index (χ4v) is 1.62. The fourth-order valence-electron chi connectivity index (χ4n) is 1.62. The van der Waals surface area contributed by atoms with E-state index < -0.39 is 5.95 Å². The van der Waals surface area contributed by atoms with Crippen molar-refractivity contribution in [3.05, 3.63) is 36.3 Å². The van der Waals surface area contributed by atoms with Crippen LogP contribution in [0, 0.1) is 11.9 Å². The second kappa shape index (κ2) is 4.40. The molecule has 1 heterocycles. The molecule has 2 rings (SSSR count). The lowest BCUT2D eigenvalue weighted by atomic mass is 10.1. The molecule has 3 N–H and O–H groups in total. The summed E-state index contributed by atoms with van der Waals surface area (Å²) in [5.41, 5.74) is 5.64. The molecule has 16 heavy (non-hydrogen) atoms. The van der Waals surface area contributed by atoms with Crippen LogP contribution in [0.2, 0.25) is 0 Å². The number of rotatable bonds is 2. The van der Waals surface area contributed by atoms with Gasteiger partial charge >= 0.3 is 0 Å². The number of nitrogens with two attached hydrogens (primary N) is 1. The van der Waals surface area contributed by atoms with Gasteiger partial charge in [0.2, 0.25) is 11.9 Å². The third-order valence-corrected chi connectivity index (χ3v) is 2.42. The third-order valence-electron chi connectivity index (χ3n) is 2.42. The molecule has 0 saturated heterocycles. The summed E-state index contributed by atoms with van der Waals surface area (Å²) in [5.74, 6) is -0.849. The van der Waals surface area contributed by atoms with Gasteiger partial charge in [-0.25, -0.2) is 4.98 Å². The van der Waals surface area contributed by atoms with Crippen molar-refractivity contribution in [3.8, 4) is 0 Å². The molecule has 1 aliphatic carbocycles. The first kappa shape index (κ1) is 10.8. The van der Waals surface area contributed by atoms with Crippen molar-refractivity contribution >= 4 is 11.7 Å². The predicted molar refractivity (Wildman–Crippen MR) is 58.0 cm³/mol. The van der Waals surface area contributed by atoms with Crippen LogP contribution in [0.1, 0.15) is 6.42 Å². The van der Waals surface area contributed by atoms with Gasteiger partial charge in [0, 0.05) is 6.04 Å². The quantitative estimate of drug-likeness (QED) is 0.579. The second-order valence-corrected chi connectivity index (χ2v) is 3.73. The van der Waals surface area contributed by atoms with E-state index in [4.69, 9.17) is 5.73 Å². The molecule has 0 saturated carbocycles. The van der Waals surface area contributed by atoms with Crippen LogP contribution in [-0.2, 0) is 4.79 Å². The summed E-state index contributed by atoms with van der Waals surface area (Å²) < 4.78 is 12.8. The third kappa shape index (κ3) is 2.43. The lowest BCUT2D eigenvalue weighted by molar-refractivity contribution is -0.118. The Morgan fingerprint density at radius 1 is 1.50 bits per heavy atom. The first-order valence-electron chi connectivity index (χ1n) is 5.02. The van der Waals surface area contributed by atoms with Crippen LogP contribution < -0.4 is 11.1 Å². The van der Waals surface area contributed by atoms with Crippen LogP contribution in [0.15, 0.2) is 30.4 Å². The molecule has 1 aromatic rings. The van der Waals surface area contributed by atoms with E-state index in [1.165, 1.54) is 12.1 Å². The molecule has 0 aliphatic heterocycles. The molecule has 0 bridgehead atoms. The van der Waals surface area contributed by atoms with Crippen molar-refractivity contribution in [1.82, 2.24) is 4.98 Å². The van der Waals surface area contributed by atoms with Gasteiger partial charge in [0.05, 0.1) is 5.92 Å². The Hall–Kier alpha value is -1.75. The van der Waals surface area contributed by atoms with Crippen molar-refractivity contribution in [3.63, 3.8) is 0 Å². The van der Waals surface area contributed by atoms with E-state index in [1.54, 1.807) is 18.2 Å². The molecule has 1 aliphatic rings. The lowest BCUT2D eigenvalue weighted by Gasteiger charge is -2.09. The molecule has 0 radical (unpaired) electrons. The zero-order chi connectivity index (χ0) is 11.5. The van der Waals surface area contributed by atoms with Gasteiger partial charge in [-0.05, 0) is 18.6 Å². The minimum atomic E-state index is -0.614. The van der Waals surface area contributed by atoms with Crippen LogP contribution in [0.3, 0.4) is 0 Å². The van der Waals surface area contributed by atoms with Gasteiger partial charge in [-0.15, -0.1) is 0 Å². The molecule has 1 amide bonds. The largest absolute Gasteiger partial charge is 0.324 e. The highest BCUT2D eigenvalue weighted by Gasteiger charge is 2.22. The van der Waals surface area contributed by atoms with E-state index in [2.05, 4.69) is 10.3 Å². The number of carbonyl (C=O) groups is 1. The lowest BCUT2D eigenvalue weighted by Crippen LogP contribution is -2.24. The van der Waals surface area contributed by atoms with Gasteiger partial charge in [0.25, 0.3) is 0 Å². The number of hydrogen-bond acceptors (Lipinski definition) is 3. The number of aromatic nitrogens is 1. The van der Waals surface area contributed by atoms with Gasteiger partial charge in [-0.1, -0.05) is 18.2 Å². The Morgan fingerprint density at radius 2 is 2.31 bits per heavy atom. The summed E-state index contributed by atoms with van der Waals surface area (Å²) in [7, 11) is 0. The fraction of sp³-hybridized carbons (Fsp3) is 0.273. The van der Waals surface area contributed by atoms with Crippen molar-refractivity contribution in [2.75, 3.05) is 5.32 Å². The number of pyridine rings is 1. The molecular weight excluding hydrogens is 209 g/mol. The highest BCUT2D eigenvalue weighted by Crippen LogP contribution is 2.18. The second-order valence-electron chi connectivity index (χ2n) is 3.73. The minimum absolute atomic E-state index is 0.0729. The maximum Gasteiger partial charge on any atom is 0.232 e. The normalized spacial score (nSPS) is 23.4. The standard InChI is InChI=1S/C11H12FN3O/c12-9-2-1-3-10(14-9)15-11(16)7-4-5-8(13)6-7/h1-5,7-8H,6,13H2,(H,14,15,16). The van der Waals surface area contributed by atoms with Gasteiger partial charge in [0.1, 0.15) is 5.82 Å². The molecular formula is C11H12FN3O. The number of amides is 1. The summed E-state index contributed by atoms with van der Waals surface area (Å²) >= 11 is 0. The van der Waals surface area contributed by atoms with Crippen molar-refractivity contribution in [2.24, 2.45) is 11.7 Å². The summed E-state index contributed by atoms with van der Waals surface area (Å²) in [4.78, 5) is 15.2. The minimum Gasteiger partial charge on any atom is -0.324 e. The van der Waals surface area contributed by atoms with Gasteiger partial charge < -0.3 is 11.1 Å². The molecule has 84 valence electrons. The SMILES string of the molecule is NC1C=CC(C(=O)Nc2cccc(F)n2)C1. The van der Waals surface area contributed by atoms with Gasteiger partial charge in [0.15, 0.2) is 0 Å². The Labute approximate surface area is 92.4 Å². The molecule has 4 nitrogen and oxygen atoms in total. The number of carbonyl (C=O) groups excluding carboxylic acids is 1. The van der Waals surface area contributed by atoms with E-state index in [1.807, 2.05) is 0 Å². The smallest absolute Gasteiger partial charge is 0.232 e. The zero-order valence-electron chi connectivity index (χ0n) is 8.56. The summed E-state index contributed by atoms with van der Waals surface area (Å²) in [6, 6.07) is 4.19. The van der Waals surface area contributed by atoms with E-state index in [0.29, 0.717) is 6.42 Å². The number of nitrogens with one attached hydrogen (secondary N) is 1. The van der Waals surface area contributed by atoms with Gasteiger partial charge in [-0.3, -0.25) is 4.79 Å². The molecule has 2 unspecified atom stereocenters. The number of anilines is 1. The Morgan fingerprint density at radius 3 is 2.94 bits per heavy atom. The zero-order valence-corrected chi connectivity index (χ0v) is 8.56. The average Bonchev–Trinajstić information content (AvgIpc) is 2.65. The molecule has 5 heteroatoms. The number of halogens is 1. The Balaban J connectivity index is 2.00. The van der Waals surface area contributed by atoms with Gasteiger partial charge in [-0.2, -0.15) is 4.39 Å². The summed E-state index contributed by atoms with van der Waals surface area (Å²) in [5, 5.41) is 2.55. The van der Waals surface area contributed by atoms with Crippen molar-refractivity contribution < 1.29 is 9.18 Å². The number of nitrogens with zero attached hydrogens (tertiary/aromatic N) is 1. The Kier molecular flexibility index (Phi) is 2.96. The first-order valence-corrected chi connectivity index (χ1v) is 5.02. The maximum absolute atomic E-state index is 12.8. The topological polar surface area (TPSA) is 68.0 Å². The Bertz CT molecular complexity index is 433. The molecule has 0 aromatic carbocycles. The first-order chi connectivity index (χ1) is 7.65. The highest BCUT2D eigenvalue weighted by atomic mass is 19.1. The van der Waals surface area contributed by atoms with E-state index in [0.717, 1.165) is 0 Å². The average molecular weight is 221 g/mol. The van der Waals surface area contributed by atoms with E-state index in [-0.39, 0.29) is 23.7 Å². The van der Waals surface area contributed by atoms with Crippen LogP contribution in [0.25, 0.3) is 0 Å². The van der Waals surface area contributed by atoms with E-state index in [9.17, 15) is 9.18 Å². The van der Waals surface area contributed by atoms with Crippen LogP contribution in [-0.4, -0.2) is 16.9 Å². The molecule has 2 atom stereocenters. The molecule has 1 aromatic heterocycles. The van der Waals surface area contributed by atoms with Crippen LogP contribution >= 0.6 is 0 Å². The molecule has 0 spiro atoms. The predicted octanol–water partition coefficient (Wildman–Crippen LogP) is 1.06.